The molecule has 2 saturated carbocycles. The standard InChI is InChI=1S/C24H32F2O2/c1-3-5-17-6-8-19(9-7-17)23(27)28-22-14-11-18(12-15-22)20-10-13-21(4-2)24(25,26)16-20/h4,6-9,18,20-22H,2-3,5,10-16H2,1H3. The van der Waals surface area contributed by atoms with Gasteiger partial charge in [0.1, 0.15) is 6.10 Å². The summed E-state index contributed by atoms with van der Waals surface area (Å²) in [6.07, 6.45) is 8.05. The first-order chi connectivity index (χ1) is 13.4. The lowest BCUT2D eigenvalue weighted by Crippen LogP contribution is -2.38. The number of allylic oxidation sites excluding steroid dienone is 1. The molecule has 0 aliphatic heterocycles. The van der Waals surface area contributed by atoms with Crippen LogP contribution in [0.4, 0.5) is 8.78 Å². The highest BCUT2D eigenvalue weighted by Crippen LogP contribution is 2.47. The molecule has 2 fully saturated rings. The summed E-state index contributed by atoms with van der Waals surface area (Å²) < 4.78 is 34.2. The fourth-order valence-corrected chi connectivity index (χ4v) is 4.89. The van der Waals surface area contributed by atoms with Crippen LogP contribution in [0.1, 0.15) is 74.2 Å². The molecule has 4 heteroatoms. The molecule has 0 aromatic heterocycles. The molecule has 2 aliphatic rings. The molecule has 2 unspecified atom stereocenters. The van der Waals surface area contributed by atoms with E-state index in [1.807, 2.05) is 24.3 Å². The van der Waals surface area contributed by atoms with Crippen LogP contribution in [-0.2, 0) is 11.2 Å². The number of halogens is 2. The van der Waals surface area contributed by atoms with E-state index >= 15 is 0 Å². The summed E-state index contributed by atoms with van der Waals surface area (Å²) in [5, 5.41) is 0. The first-order valence-corrected chi connectivity index (χ1v) is 10.7. The molecule has 0 spiro atoms. The lowest BCUT2D eigenvalue weighted by Gasteiger charge is -2.40. The van der Waals surface area contributed by atoms with Crippen LogP contribution in [0.5, 0.6) is 0 Å². The highest BCUT2D eigenvalue weighted by Gasteiger charge is 2.45. The van der Waals surface area contributed by atoms with Gasteiger partial charge in [-0.25, -0.2) is 13.6 Å². The van der Waals surface area contributed by atoms with Crippen molar-refractivity contribution in [3.8, 4) is 0 Å². The van der Waals surface area contributed by atoms with Crippen molar-refractivity contribution in [1.29, 1.82) is 0 Å². The van der Waals surface area contributed by atoms with Gasteiger partial charge in [-0.15, -0.1) is 6.58 Å². The average molecular weight is 391 g/mol. The minimum absolute atomic E-state index is 0.0249. The lowest BCUT2D eigenvalue weighted by atomic mass is 9.69. The Morgan fingerprint density at radius 3 is 2.32 bits per heavy atom. The third-order valence-electron chi connectivity index (χ3n) is 6.60. The molecule has 2 nitrogen and oxygen atoms in total. The molecule has 2 aliphatic carbocycles. The number of hydrogen-bond donors (Lipinski definition) is 0. The third-order valence-corrected chi connectivity index (χ3v) is 6.60. The van der Waals surface area contributed by atoms with E-state index in [0.717, 1.165) is 44.9 Å². The molecule has 0 N–H and O–H groups in total. The maximum atomic E-state index is 14.2. The fraction of sp³-hybridized carbons (Fsp3) is 0.625. The maximum Gasteiger partial charge on any atom is 0.338 e. The zero-order chi connectivity index (χ0) is 20.1. The Hall–Kier alpha value is -1.71. The van der Waals surface area contributed by atoms with Crippen LogP contribution < -0.4 is 0 Å². The second kappa shape index (κ2) is 9.19. The molecular formula is C24H32F2O2. The van der Waals surface area contributed by atoms with Gasteiger partial charge in [-0.1, -0.05) is 31.6 Å². The average Bonchev–Trinajstić information content (AvgIpc) is 2.68. The molecule has 28 heavy (non-hydrogen) atoms. The summed E-state index contributed by atoms with van der Waals surface area (Å²) in [5.41, 5.74) is 1.81. The molecule has 0 bridgehead atoms. The summed E-state index contributed by atoms with van der Waals surface area (Å²) in [5.74, 6) is -3.18. The summed E-state index contributed by atoms with van der Waals surface area (Å²) in [4.78, 5) is 12.4. The van der Waals surface area contributed by atoms with Gasteiger partial charge in [-0.3, -0.25) is 0 Å². The topological polar surface area (TPSA) is 26.3 Å². The highest BCUT2D eigenvalue weighted by atomic mass is 19.3. The van der Waals surface area contributed by atoms with Crippen LogP contribution in [-0.4, -0.2) is 18.0 Å². The molecule has 3 rings (SSSR count). The van der Waals surface area contributed by atoms with E-state index in [9.17, 15) is 13.6 Å². The third kappa shape index (κ3) is 5.01. The minimum Gasteiger partial charge on any atom is -0.459 e. The molecule has 1 aromatic rings. The molecule has 0 heterocycles. The number of carbonyl (C=O) groups is 1. The van der Waals surface area contributed by atoms with E-state index < -0.39 is 11.8 Å². The van der Waals surface area contributed by atoms with Crippen molar-refractivity contribution in [2.24, 2.45) is 17.8 Å². The zero-order valence-electron chi connectivity index (χ0n) is 16.8. The minimum atomic E-state index is -2.63. The van der Waals surface area contributed by atoms with Crippen molar-refractivity contribution in [2.75, 3.05) is 0 Å². The quantitative estimate of drug-likeness (QED) is 0.404. The number of alkyl halides is 2. The van der Waals surface area contributed by atoms with Crippen molar-refractivity contribution < 1.29 is 18.3 Å². The largest absolute Gasteiger partial charge is 0.459 e. The smallest absolute Gasteiger partial charge is 0.338 e. The van der Waals surface area contributed by atoms with Gasteiger partial charge in [0.25, 0.3) is 5.92 Å². The summed E-state index contributed by atoms with van der Waals surface area (Å²) in [6, 6.07) is 7.63. The van der Waals surface area contributed by atoms with Crippen LogP contribution in [0.2, 0.25) is 0 Å². The number of benzene rings is 1. The van der Waals surface area contributed by atoms with Gasteiger partial charge in [0.2, 0.25) is 0 Å². The summed E-state index contributed by atoms with van der Waals surface area (Å²) >= 11 is 0. The van der Waals surface area contributed by atoms with E-state index in [0.29, 0.717) is 17.9 Å². The van der Waals surface area contributed by atoms with Crippen molar-refractivity contribution in [3.05, 3.63) is 48.0 Å². The van der Waals surface area contributed by atoms with Crippen LogP contribution in [0, 0.1) is 17.8 Å². The van der Waals surface area contributed by atoms with E-state index in [1.165, 1.54) is 11.6 Å². The van der Waals surface area contributed by atoms with Crippen LogP contribution in [0.3, 0.4) is 0 Å². The zero-order valence-corrected chi connectivity index (χ0v) is 16.8. The first kappa shape index (κ1) is 21.0. The van der Waals surface area contributed by atoms with E-state index in [4.69, 9.17) is 4.74 Å². The van der Waals surface area contributed by atoms with Gasteiger partial charge in [0.05, 0.1) is 5.56 Å². The van der Waals surface area contributed by atoms with Crippen LogP contribution in [0.25, 0.3) is 0 Å². The molecule has 1 aromatic carbocycles. The molecule has 0 radical (unpaired) electrons. The maximum absolute atomic E-state index is 14.2. The van der Waals surface area contributed by atoms with Gasteiger partial charge in [-0.05, 0) is 74.5 Å². The molecule has 154 valence electrons. The number of ether oxygens (including phenoxy) is 1. The normalized spacial score (nSPS) is 29.8. The second-order valence-corrected chi connectivity index (χ2v) is 8.53. The van der Waals surface area contributed by atoms with Crippen molar-refractivity contribution in [1.82, 2.24) is 0 Å². The van der Waals surface area contributed by atoms with E-state index in [1.54, 1.807) is 0 Å². The predicted octanol–water partition coefficient (Wildman–Crippen LogP) is 6.59. The monoisotopic (exact) mass is 390 g/mol. The van der Waals surface area contributed by atoms with Crippen LogP contribution in [0.15, 0.2) is 36.9 Å². The van der Waals surface area contributed by atoms with Crippen molar-refractivity contribution in [2.45, 2.75) is 76.7 Å². The molecule has 2 atom stereocenters. The Balaban J connectivity index is 1.47. The van der Waals surface area contributed by atoms with Gasteiger partial charge < -0.3 is 4.74 Å². The Bertz CT molecular complexity index is 660. The molecular weight excluding hydrogens is 358 g/mol. The number of carbonyl (C=O) groups excluding carboxylic acids is 1. The summed E-state index contributed by atoms with van der Waals surface area (Å²) in [7, 11) is 0. The number of aryl methyl sites for hydroxylation is 1. The number of hydrogen-bond acceptors (Lipinski definition) is 2. The lowest BCUT2D eigenvalue weighted by molar-refractivity contribution is -0.0972. The van der Waals surface area contributed by atoms with Crippen molar-refractivity contribution >= 4 is 5.97 Å². The Labute approximate surface area is 167 Å². The van der Waals surface area contributed by atoms with Gasteiger partial charge in [-0.2, -0.15) is 0 Å². The molecule has 0 amide bonds. The summed E-state index contributed by atoms with van der Waals surface area (Å²) in [6.45, 7) is 5.70. The Morgan fingerprint density at radius 2 is 1.75 bits per heavy atom. The van der Waals surface area contributed by atoms with Gasteiger partial charge in [0, 0.05) is 12.3 Å². The highest BCUT2D eigenvalue weighted by molar-refractivity contribution is 5.89. The Kier molecular flexibility index (Phi) is 6.90. The molecule has 0 saturated heterocycles. The first-order valence-electron chi connectivity index (χ1n) is 10.7. The SMILES string of the molecule is C=CC1CCC(C2CCC(OC(=O)c3ccc(CCC)cc3)CC2)CC1(F)F. The van der Waals surface area contributed by atoms with E-state index in [2.05, 4.69) is 13.5 Å². The van der Waals surface area contributed by atoms with Crippen molar-refractivity contribution in [3.63, 3.8) is 0 Å². The fourth-order valence-electron chi connectivity index (χ4n) is 4.89. The van der Waals surface area contributed by atoms with Crippen LogP contribution >= 0.6 is 0 Å². The Morgan fingerprint density at radius 1 is 1.11 bits per heavy atom. The van der Waals surface area contributed by atoms with Gasteiger partial charge in [0.15, 0.2) is 0 Å². The number of esters is 1. The second-order valence-electron chi connectivity index (χ2n) is 8.53. The van der Waals surface area contributed by atoms with E-state index in [-0.39, 0.29) is 24.4 Å². The number of rotatable bonds is 6. The predicted molar refractivity (Wildman–Crippen MR) is 108 cm³/mol. The van der Waals surface area contributed by atoms with Gasteiger partial charge >= 0.3 is 5.97 Å².